The third-order valence-corrected chi connectivity index (χ3v) is 7.42. The van der Waals surface area contributed by atoms with E-state index in [1.807, 2.05) is 13.0 Å². The van der Waals surface area contributed by atoms with Crippen molar-refractivity contribution in [3.05, 3.63) is 29.8 Å². The number of benzene rings is 1. The van der Waals surface area contributed by atoms with Crippen LogP contribution in [0.25, 0.3) is 0 Å². The summed E-state index contributed by atoms with van der Waals surface area (Å²) in [5.74, 6) is 1.25. The number of nitrogens with zero attached hydrogens (tertiary/aromatic N) is 1. The van der Waals surface area contributed by atoms with Crippen LogP contribution < -0.4 is 15.4 Å². The Morgan fingerprint density at radius 3 is 2.84 bits per heavy atom. The summed E-state index contributed by atoms with van der Waals surface area (Å²) in [5.41, 5.74) is 0.885. The summed E-state index contributed by atoms with van der Waals surface area (Å²) in [5, 5.41) is 6.88. The van der Waals surface area contributed by atoms with E-state index in [2.05, 4.69) is 29.2 Å². The maximum atomic E-state index is 12.4. The predicted octanol–water partition coefficient (Wildman–Crippen LogP) is 2.10. The van der Waals surface area contributed by atoms with E-state index in [-0.39, 0.29) is 40.8 Å². The number of rotatable bonds is 9. The first-order valence-electron chi connectivity index (χ1n) is 10.5. The molecule has 1 heterocycles. The van der Waals surface area contributed by atoms with E-state index < -0.39 is 10.0 Å². The molecule has 1 saturated carbocycles. The maximum Gasteiger partial charge on any atom is 0.240 e. The summed E-state index contributed by atoms with van der Waals surface area (Å²) in [6.45, 7) is 9.01. The molecule has 1 aromatic carbocycles. The number of ether oxygens (including phenoxy) is 2. The Bertz CT molecular complexity index is 863. The zero-order valence-corrected chi connectivity index (χ0v) is 21.8. The van der Waals surface area contributed by atoms with E-state index in [4.69, 9.17) is 14.5 Å². The van der Waals surface area contributed by atoms with Crippen LogP contribution in [-0.4, -0.2) is 59.9 Å². The molecule has 3 N–H and O–H groups in total. The molecule has 0 bridgehead atoms. The van der Waals surface area contributed by atoms with Gasteiger partial charge in [-0.1, -0.05) is 26.0 Å². The molecular weight excluding hydrogens is 531 g/mol. The topological polar surface area (TPSA) is 101 Å². The van der Waals surface area contributed by atoms with Crippen molar-refractivity contribution >= 4 is 40.0 Å². The number of hydrogen-bond donors (Lipinski definition) is 3. The van der Waals surface area contributed by atoms with Gasteiger partial charge in [0.05, 0.1) is 24.2 Å². The van der Waals surface area contributed by atoms with Crippen LogP contribution >= 0.6 is 24.0 Å². The quantitative estimate of drug-likeness (QED) is 0.183. The Hall–Kier alpha value is -0.950. The molecule has 8 nitrogen and oxygen atoms in total. The third kappa shape index (κ3) is 6.10. The molecule has 1 aromatic rings. The molecule has 31 heavy (non-hydrogen) atoms. The molecule has 10 heteroatoms. The van der Waals surface area contributed by atoms with Crippen LogP contribution in [0.15, 0.2) is 34.2 Å². The minimum atomic E-state index is -3.57. The van der Waals surface area contributed by atoms with Gasteiger partial charge < -0.3 is 20.1 Å². The summed E-state index contributed by atoms with van der Waals surface area (Å²) in [4.78, 5) is 4.93. The molecule has 3 unspecified atom stereocenters. The molecule has 0 amide bonds. The Morgan fingerprint density at radius 2 is 2.13 bits per heavy atom. The smallest absolute Gasteiger partial charge is 0.240 e. The second-order valence-electron chi connectivity index (χ2n) is 8.42. The minimum absolute atomic E-state index is 0. The average molecular weight is 567 g/mol. The Labute approximate surface area is 203 Å². The van der Waals surface area contributed by atoms with Crippen LogP contribution in [0, 0.1) is 11.3 Å². The lowest BCUT2D eigenvalue weighted by molar-refractivity contribution is -0.106. The van der Waals surface area contributed by atoms with Crippen LogP contribution in [0.1, 0.15) is 32.8 Å². The van der Waals surface area contributed by atoms with Crippen LogP contribution in [0.2, 0.25) is 0 Å². The van der Waals surface area contributed by atoms with Crippen molar-refractivity contribution in [2.45, 2.75) is 50.8 Å². The standard InChI is InChI=1S/C21H34N4O4S.HI/c1-5-22-20(25-18-17-9-11-29-19(17)21(18,2)3)23-14-15-7-6-8-16(13-15)30(26,27)24-10-12-28-4;/h6-8,13,17-19,24H,5,9-12,14H2,1-4H3,(H2,22,23,25);1H. The first-order valence-corrected chi connectivity index (χ1v) is 12.0. The number of nitrogens with one attached hydrogen (secondary N) is 3. The summed E-state index contributed by atoms with van der Waals surface area (Å²) in [6.07, 6.45) is 1.38. The molecule has 3 atom stereocenters. The van der Waals surface area contributed by atoms with Crippen molar-refractivity contribution in [3.8, 4) is 0 Å². The van der Waals surface area contributed by atoms with Gasteiger partial charge in [0.2, 0.25) is 10.0 Å². The highest BCUT2D eigenvalue weighted by Gasteiger charge is 2.59. The van der Waals surface area contributed by atoms with Gasteiger partial charge in [0.15, 0.2) is 5.96 Å². The van der Waals surface area contributed by atoms with Crippen LogP contribution in [0.4, 0.5) is 0 Å². The van der Waals surface area contributed by atoms with Gasteiger partial charge >= 0.3 is 0 Å². The van der Waals surface area contributed by atoms with Gasteiger partial charge in [-0.15, -0.1) is 24.0 Å². The summed E-state index contributed by atoms with van der Waals surface area (Å²) in [6, 6.07) is 7.18. The highest BCUT2D eigenvalue weighted by atomic mass is 127. The number of fused-ring (bicyclic) bond motifs is 1. The van der Waals surface area contributed by atoms with E-state index in [1.54, 1.807) is 18.2 Å². The zero-order valence-electron chi connectivity index (χ0n) is 18.7. The molecule has 1 aliphatic heterocycles. The molecule has 0 spiro atoms. The Morgan fingerprint density at radius 1 is 1.35 bits per heavy atom. The fourth-order valence-corrected chi connectivity index (χ4v) is 5.51. The molecule has 2 fully saturated rings. The van der Waals surface area contributed by atoms with Crippen molar-refractivity contribution in [2.24, 2.45) is 16.3 Å². The summed E-state index contributed by atoms with van der Waals surface area (Å²) < 4.78 is 38.2. The van der Waals surface area contributed by atoms with E-state index in [0.29, 0.717) is 31.2 Å². The number of sulfonamides is 1. The number of guanidine groups is 1. The van der Waals surface area contributed by atoms with Gasteiger partial charge in [0, 0.05) is 44.2 Å². The lowest BCUT2D eigenvalue weighted by atomic mass is 9.57. The lowest BCUT2D eigenvalue weighted by Gasteiger charge is -2.54. The predicted molar refractivity (Wildman–Crippen MR) is 132 cm³/mol. The van der Waals surface area contributed by atoms with Crippen molar-refractivity contribution in [1.82, 2.24) is 15.4 Å². The van der Waals surface area contributed by atoms with Gasteiger partial charge in [-0.3, -0.25) is 0 Å². The number of halogens is 1. The zero-order chi connectivity index (χ0) is 21.8. The first kappa shape index (κ1) is 26.3. The van der Waals surface area contributed by atoms with Gasteiger partial charge in [-0.2, -0.15) is 0 Å². The minimum Gasteiger partial charge on any atom is -0.383 e. The average Bonchev–Trinajstić information content (AvgIpc) is 3.17. The van der Waals surface area contributed by atoms with Crippen LogP contribution in [0.5, 0.6) is 0 Å². The molecule has 1 saturated heterocycles. The molecular formula is C21H35IN4O4S. The first-order chi connectivity index (χ1) is 14.3. The largest absolute Gasteiger partial charge is 0.383 e. The van der Waals surface area contributed by atoms with Gasteiger partial charge in [0.1, 0.15) is 0 Å². The Balaban J connectivity index is 0.00000341. The monoisotopic (exact) mass is 566 g/mol. The molecule has 176 valence electrons. The third-order valence-electron chi connectivity index (χ3n) is 5.96. The molecule has 2 aliphatic rings. The molecule has 1 aliphatic carbocycles. The summed E-state index contributed by atoms with van der Waals surface area (Å²) in [7, 11) is -2.03. The van der Waals surface area contributed by atoms with E-state index in [1.165, 1.54) is 7.11 Å². The highest BCUT2D eigenvalue weighted by Crippen LogP contribution is 2.52. The van der Waals surface area contributed by atoms with Crippen molar-refractivity contribution in [3.63, 3.8) is 0 Å². The van der Waals surface area contributed by atoms with Crippen molar-refractivity contribution < 1.29 is 17.9 Å². The number of hydrogen-bond acceptors (Lipinski definition) is 5. The fourth-order valence-electron chi connectivity index (χ4n) is 4.43. The fraction of sp³-hybridized carbons (Fsp3) is 0.667. The number of methoxy groups -OCH3 is 1. The number of aliphatic imine (C=N–C) groups is 1. The van der Waals surface area contributed by atoms with Gasteiger partial charge in [-0.05, 0) is 31.0 Å². The van der Waals surface area contributed by atoms with E-state index in [9.17, 15) is 8.42 Å². The van der Waals surface area contributed by atoms with Gasteiger partial charge in [0.25, 0.3) is 0 Å². The Kier molecular flexibility index (Phi) is 9.56. The lowest BCUT2D eigenvalue weighted by Crippen LogP contribution is -2.67. The van der Waals surface area contributed by atoms with Crippen molar-refractivity contribution in [1.29, 1.82) is 0 Å². The molecule has 0 aromatic heterocycles. The molecule has 0 radical (unpaired) electrons. The van der Waals surface area contributed by atoms with Crippen LogP contribution in [0.3, 0.4) is 0 Å². The van der Waals surface area contributed by atoms with Gasteiger partial charge in [-0.25, -0.2) is 18.1 Å². The van der Waals surface area contributed by atoms with Crippen molar-refractivity contribution in [2.75, 3.05) is 33.4 Å². The van der Waals surface area contributed by atoms with E-state index in [0.717, 1.165) is 31.1 Å². The summed E-state index contributed by atoms with van der Waals surface area (Å²) >= 11 is 0. The normalized spacial score (nSPS) is 24.6. The van der Waals surface area contributed by atoms with Crippen LogP contribution in [-0.2, 0) is 26.0 Å². The van der Waals surface area contributed by atoms with E-state index >= 15 is 0 Å². The second-order valence-corrected chi connectivity index (χ2v) is 10.2. The second kappa shape index (κ2) is 11.3. The highest BCUT2D eigenvalue weighted by molar-refractivity contribution is 14.0. The maximum absolute atomic E-state index is 12.4. The molecule has 3 rings (SSSR count). The SMILES string of the molecule is CCNC(=NCc1cccc(S(=O)(=O)NCCOC)c1)NC1C2CCOC2C1(C)C.I.